The van der Waals surface area contributed by atoms with Crippen LogP contribution in [0.1, 0.15) is 48.4 Å². The van der Waals surface area contributed by atoms with Crippen molar-refractivity contribution in [3.63, 3.8) is 0 Å². The van der Waals surface area contributed by atoms with Gasteiger partial charge in [0.25, 0.3) is 5.91 Å². The van der Waals surface area contributed by atoms with E-state index in [2.05, 4.69) is 10.1 Å². The molecule has 2 N–H and O–H groups in total. The molecule has 1 aliphatic heterocycles. The van der Waals surface area contributed by atoms with Crippen molar-refractivity contribution in [1.82, 2.24) is 5.32 Å². The second-order valence-corrected chi connectivity index (χ2v) is 3.78. The van der Waals surface area contributed by atoms with E-state index in [9.17, 15) is 19.2 Å². The molecule has 1 amide bonds. The number of rotatable bonds is 3. The predicted molar refractivity (Wildman–Crippen MR) is 61.2 cm³/mol. The van der Waals surface area contributed by atoms with Crippen molar-refractivity contribution in [3.05, 3.63) is 34.4 Å². The number of hydrogen-bond acceptors (Lipinski definition) is 5. The minimum atomic E-state index is -1.36. The van der Waals surface area contributed by atoms with Crippen LogP contribution in [0.2, 0.25) is 0 Å². The van der Waals surface area contributed by atoms with E-state index < -0.39 is 23.8 Å². The van der Waals surface area contributed by atoms with Crippen molar-refractivity contribution in [2.45, 2.75) is 6.92 Å². The number of carboxylic acid groups (broad SMARTS) is 1. The fourth-order valence-corrected chi connectivity index (χ4v) is 1.75. The number of carboxylic acids is 1. The molecule has 0 fully saturated rings. The molecule has 0 aliphatic carbocycles. The smallest absolute Gasteiger partial charge is 0.346 e. The first-order valence-corrected chi connectivity index (χ1v) is 5.41. The van der Waals surface area contributed by atoms with Crippen LogP contribution in [0.4, 0.5) is 0 Å². The molecule has 0 bridgehead atoms. The molecule has 1 aliphatic rings. The summed E-state index contributed by atoms with van der Waals surface area (Å²) in [5, 5.41) is 11.5. The predicted octanol–water partition coefficient (Wildman–Crippen LogP) is 0.445. The quantitative estimate of drug-likeness (QED) is 0.605. The zero-order valence-electron chi connectivity index (χ0n) is 9.85. The fraction of sp³-hybridized carbons (Fsp3) is 0.167. The summed E-state index contributed by atoms with van der Waals surface area (Å²) in [6.45, 7) is 1.97. The SMILES string of the molecule is CCNC(=O)c1cc2c(cc1C(=O)O)C(=O)OC2=O. The molecular formula is C12H9NO6. The Bertz CT molecular complexity index is 619. The number of carbonyl (C=O) groups excluding carboxylic acids is 3. The largest absolute Gasteiger partial charge is 0.478 e. The van der Waals surface area contributed by atoms with Crippen molar-refractivity contribution in [2.75, 3.05) is 6.54 Å². The lowest BCUT2D eigenvalue weighted by Gasteiger charge is -2.07. The van der Waals surface area contributed by atoms with Crippen LogP contribution >= 0.6 is 0 Å². The molecule has 0 radical (unpaired) electrons. The summed E-state index contributed by atoms with van der Waals surface area (Å²) in [7, 11) is 0. The third-order valence-corrected chi connectivity index (χ3v) is 2.60. The van der Waals surface area contributed by atoms with Crippen LogP contribution in [0.3, 0.4) is 0 Å². The van der Waals surface area contributed by atoms with Crippen molar-refractivity contribution in [3.8, 4) is 0 Å². The Morgan fingerprint density at radius 3 is 2.16 bits per heavy atom. The number of carbonyl (C=O) groups is 4. The number of hydrogen-bond donors (Lipinski definition) is 2. The van der Waals surface area contributed by atoms with E-state index in [0.717, 1.165) is 12.1 Å². The van der Waals surface area contributed by atoms with E-state index in [1.54, 1.807) is 6.92 Å². The van der Waals surface area contributed by atoms with Gasteiger partial charge in [-0.1, -0.05) is 0 Å². The van der Waals surface area contributed by atoms with Gasteiger partial charge in [-0.3, -0.25) is 4.79 Å². The normalized spacial score (nSPS) is 12.9. The Labute approximate surface area is 107 Å². The highest BCUT2D eigenvalue weighted by Crippen LogP contribution is 2.24. The second-order valence-electron chi connectivity index (χ2n) is 3.78. The van der Waals surface area contributed by atoms with Gasteiger partial charge in [0.05, 0.1) is 22.3 Å². The number of ether oxygens (including phenoxy) is 1. The van der Waals surface area contributed by atoms with Gasteiger partial charge < -0.3 is 15.2 Å². The number of fused-ring (bicyclic) bond motifs is 1. The summed E-state index contributed by atoms with van der Waals surface area (Å²) in [6, 6.07) is 2.05. The van der Waals surface area contributed by atoms with E-state index in [1.807, 2.05) is 0 Å². The van der Waals surface area contributed by atoms with E-state index >= 15 is 0 Å². The fourth-order valence-electron chi connectivity index (χ4n) is 1.75. The second kappa shape index (κ2) is 4.52. The summed E-state index contributed by atoms with van der Waals surface area (Å²) >= 11 is 0. The number of esters is 2. The molecule has 2 rings (SSSR count). The summed E-state index contributed by atoms with van der Waals surface area (Å²) in [5.41, 5.74) is -0.775. The number of nitrogens with one attached hydrogen (secondary N) is 1. The highest BCUT2D eigenvalue weighted by molar-refractivity contribution is 6.17. The van der Waals surface area contributed by atoms with Crippen LogP contribution in [0.15, 0.2) is 12.1 Å². The first-order chi connectivity index (χ1) is 8.95. The number of cyclic esters (lactones) is 2. The van der Waals surface area contributed by atoms with Crippen LogP contribution in [0, 0.1) is 0 Å². The van der Waals surface area contributed by atoms with E-state index in [1.165, 1.54) is 0 Å². The maximum atomic E-state index is 11.7. The molecule has 0 saturated heterocycles. The van der Waals surface area contributed by atoms with Crippen LogP contribution in [0.25, 0.3) is 0 Å². The van der Waals surface area contributed by atoms with Gasteiger partial charge in [0, 0.05) is 6.54 Å². The standard InChI is InChI=1S/C12H9NO6/c1-2-13-9(14)5-3-7-8(4-6(5)10(15)16)12(18)19-11(7)17/h3-4H,2H2,1H3,(H,13,14)(H,15,16). The maximum absolute atomic E-state index is 11.7. The lowest BCUT2D eigenvalue weighted by Crippen LogP contribution is -2.25. The topological polar surface area (TPSA) is 110 Å². The minimum absolute atomic E-state index is 0.101. The molecule has 98 valence electrons. The van der Waals surface area contributed by atoms with Crippen LogP contribution in [-0.4, -0.2) is 35.5 Å². The Kier molecular flexibility index (Phi) is 3.04. The summed E-state index contributed by atoms with van der Waals surface area (Å²) in [6.07, 6.45) is 0. The number of benzene rings is 1. The Morgan fingerprint density at radius 2 is 1.68 bits per heavy atom. The first-order valence-electron chi connectivity index (χ1n) is 5.41. The van der Waals surface area contributed by atoms with Gasteiger partial charge in [-0.2, -0.15) is 0 Å². The van der Waals surface area contributed by atoms with E-state index in [4.69, 9.17) is 5.11 Å². The van der Waals surface area contributed by atoms with Gasteiger partial charge in [0.2, 0.25) is 0 Å². The molecule has 1 aromatic rings. The summed E-state index contributed by atoms with van der Waals surface area (Å²) < 4.78 is 4.36. The molecule has 1 aromatic carbocycles. The molecule has 7 heteroatoms. The van der Waals surface area contributed by atoms with Gasteiger partial charge in [0.15, 0.2) is 0 Å². The average Bonchev–Trinajstić information content (AvgIpc) is 2.63. The maximum Gasteiger partial charge on any atom is 0.346 e. The molecule has 7 nitrogen and oxygen atoms in total. The third-order valence-electron chi connectivity index (χ3n) is 2.60. The molecule has 0 saturated carbocycles. The third kappa shape index (κ3) is 2.05. The molecule has 0 atom stereocenters. The monoisotopic (exact) mass is 263 g/mol. The molecule has 1 heterocycles. The Hall–Kier alpha value is -2.70. The van der Waals surface area contributed by atoms with E-state index in [0.29, 0.717) is 6.54 Å². The highest BCUT2D eigenvalue weighted by atomic mass is 16.6. The van der Waals surface area contributed by atoms with Crippen molar-refractivity contribution < 1.29 is 29.0 Å². The highest BCUT2D eigenvalue weighted by Gasteiger charge is 2.33. The van der Waals surface area contributed by atoms with Gasteiger partial charge in [-0.05, 0) is 19.1 Å². The molecule has 0 aromatic heterocycles. The zero-order valence-corrected chi connectivity index (χ0v) is 9.85. The average molecular weight is 263 g/mol. The van der Waals surface area contributed by atoms with Crippen molar-refractivity contribution in [1.29, 1.82) is 0 Å². The van der Waals surface area contributed by atoms with Crippen LogP contribution in [0.5, 0.6) is 0 Å². The first kappa shape index (κ1) is 12.7. The Balaban J connectivity index is 2.63. The molecular weight excluding hydrogens is 254 g/mol. The van der Waals surface area contributed by atoms with Gasteiger partial charge >= 0.3 is 17.9 Å². The Morgan fingerprint density at radius 1 is 1.16 bits per heavy atom. The lowest BCUT2D eigenvalue weighted by molar-refractivity contribution is 0.0443. The molecule has 0 unspecified atom stereocenters. The number of aromatic carboxylic acids is 1. The lowest BCUT2D eigenvalue weighted by atomic mass is 9.99. The zero-order chi connectivity index (χ0) is 14.2. The van der Waals surface area contributed by atoms with Crippen LogP contribution < -0.4 is 5.32 Å². The molecule has 0 spiro atoms. The van der Waals surface area contributed by atoms with Crippen LogP contribution in [-0.2, 0) is 4.74 Å². The van der Waals surface area contributed by atoms with E-state index in [-0.39, 0.29) is 22.3 Å². The summed E-state index contributed by atoms with van der Waals surface area (Å²) in [5.74, 6) is -3.79. The molecule has 19 heavy (non-hydrogen) atoms. The van der Waals surface area contributed by atoms with Crippen molar-refractivity contribution in [2.24, 2.45) is 0 Å². The van der Waals surface area contributed by atoms with Gasteiger partial charge in [-0.25, -0.2) is 14.4 Å². The minimum Gasteiger partial charge on any atom is -0.478 e. The number of amides is 1. The summed E-state index contributed by atoms with van der Waals surface area (Å²) in [4.78, 5) is 45.5. The van der Waals surface area contributed by atoms with Crippen molar-refractivity contribution >= 4 is 23.8 Å². The van der Waals surface area contributed by atoms with Gasteiger partial charge in [-0.15, -0.1) is 0 Å². The van der Waals surface area contributed by atoms with Gasteiger partial charge in [0.1, 0.15) is 0 Å².